The number of hydrogen-bond donors (Lipinski definition) is 1. The molecule has 18 heavy (non-hydrogen) atoms. The Morgan fingerprint density at radius 2 is 2.22 bits per heavy atom. The van der Waals surface area contributed by atoms with Crippen LogP contribution in [0.5, 0.6) is 0 Å². The van der Waals surface area contributed by atoms with E-state index in [2.05, 4.69) is 9.72 Å². The van der Waals surface area contributed by atoms with E-state index >= 15 is 0 Å². The first kappa shape index (κ1) is 12.1. The highest BCUT2D eigenvalue weighted by Gasteiger charge is 2.20. The number of fused-ring (bicyclic) bond motifs is 1. The number of methoxy groups -OCH3 is 1. The number of H-pyrrole nitrogens is 1. The summed E-state index contributed by atoms with van der Waals surface area (Å²) in [4.78, 5) is 24.9. The first-order valence-electron chi connectivity index (χ1n) is 5.45. The first-order chi connectivity index (χ1) is 8.58. The molecule has 0 radical (unpaired) electrons. The number of carbonyl (C=O) groups is 1. The molecule has 1 N–H and O–H groups in total. The van der Waals surface area contributed by atoms with Crippen molar-refractivity contribution < 1.29 is 14.5 Å². The normalized spacial score (nSPS) is 10.6. The molecule has 0 unspecified atom stereocenters. The minimum Gasteiger partial charge on any atom is -0.465 e. The zero-order valence-electron chi connectivity index (χ0n) is 10.0. The van der Waals surface area contributed by atoms with Crippen molar-refractivity contribution in [3.05, 3.63) is 39.6 Å². The maximum atomic E-state index is 11.5. The first-order valence-corrected chi connectivity index (χ1v) is 5.45. The standard InChI is InChI=1S/C12H12N2O4/c1-3-7-6-13-11-9(7)4-8(12(15)18-2)5-10(11)14(16)17/h4-6,13H,3H2,1-2H3. The Bertz CT molecular complexity index is 630. The van der Waals surface area contributed by atoms with Crippen molar-refractivity contribution in [2.75, 3.05) is 7.11 Å². The van der Waals surface area contributed by atoms with Gasteiger partial charge in [-0.15, -0.1) is 0 Å². The molecule has 0 saturated heterocycles. The molecule has 2 rings (SSSR count). The Morgan fingerprint density at radius 1 is 1.50 bits per heavy atom. The zero-order valence-corrected chi connectivity index (χ0v) is 10.0. The fourth-order valence-electron chi connectivity index (χ4n) is 1.94. The third-order valence-corrected chi connectivity index (χ3v) is 2.85. The molecule has 0 saturated carbocycles. The molecule has 0 atom stereocenters. The van der Waals surface area contributed by atoms with Crippen molar-refractivity contribution in [1.29, 1.82) is 0 Å². The van der Waals surface area contributed by atoms with Gasteiger partial charge < -0.3 is 9.72 Å². The van der Waals surface area contributed by atoms with Gasteiger partial charge in [0.25, 0.3) is 5.69 Å². The van der Waals surface area contributed by atoms with Gasteiger partial charge in [0, 0.05) is 17.6 Å². The summed E-state index contributed by atoms with van der Waals surface area (Å²) in [5.74, 6) is -0.580. The number of nitrogens with zero attached hydrogens (tertiary/aromatic N) is 1. The summed E-state index contributed by atoms with van der Waals surface area (Å²) in [6, 6.07) is 2.84. The third-order valence-electron chi connectivity index (χ3n) is 2.85. The average molecular weight is 248 g/mol. The number of nitrogens with one attached hydrogen (secondary N) is 1. The number of esters is 1. The van der Waals surface area contributed by atoms with Crippen molar-refractivity contribution in [2.45, 2.75) is 13.3 Å². The van der Waals surface area contributed by atoms with E-state index in [1.807, 2.05) is 6.92 Å². The van der Waals surface area contributed by atoms with E-state index in [9.17, 15) is 14.9 Å². The topological polar surface area (TPSA) is 85.2 Å². The van der Waals surface area contributed by atoms with Crippen LogP contribution in [-0.4, -0.2) is 23.0 Å². The molecule has 0 aliphatic heterocycles. The van der Waals surface area contributed by atoms with Gasteiger partial charge in [0.15, 0.2) is 0 Å². The van der Waals surface area contributed by atoms with Crippen LogP contribution < -0.4 is 0 Å². The van der Waals surface area contributed by atoms with Crippen molar-refractivity contribution in [2.24, 2.45) is 0 Å². The number of aromatic nitrogens is 1. The molecule has 6 heteroatoms. The van der Waals surface area contributed by atoms with Gasteiger partial charge in [-0.3, -0.25) is 10.1 Å². The van der Waals surface area contributed by atoms with Crippen molar-refractivity contribution in [3.63, 3.8) is 0 Å². The van der Waals surface area contributed by atoms with Crippen LogP contribution in [0.1, 0.15) is 22.8 Å². The molecular weight excluding hydrogens is 236 g/mol. The second kappa shape index (κ2) is 4.48. The number of non-ortho nitro benzene ring substituents is 1. The number of benzene rings is 1. The summed E-state index contributed by atoms with van der Waals surface area (Å²) in [6.45, 7) is 1.94. The maximum Gasteiger partial charge on any atom is 0.338 e. The molecule has 6 nitrogen and oxygen atoms in total. The molecule has 2 aromatic rings. The van der Waals surface area contributed by atoms with Gasteiger partial charge >= 0.3 is 5.97 Å². The van der Waals surface area contributed by atoms with E-state index in [0.717, 1.165) is 12.0 Å². The monoisotopic (exact) mass is 248 g/mol. The maximum absolute atomic E-state index is 11.5. The largest absolute Gasteiger partial charge is 0.465 e. The predicted molar refractivity (Wildman–Crippen MR) is 65.7 cm³/mol. The second-order valence-electron chi connectivity index (χ2n) is 3.83. The number of carbonyl (C=O) groups excluding carboxylic acids is 1. The van der Waals surface area contributed by atoms with Crippen LogP contribution in [0.2, 0.25) is 0 Å². The Balaban J connectivity index is 2.77. The van der Waals surface area contributed by atoms with Gasteiger partial charge in [-0.2, -0.15) is 0 Å². The molecule has 0 amide bonds. The van der Waals surface area contributed by atoms with Crippen LogP contribution in [0.4, 0.5) is 5.69 Å². The molecule has 0 bridgehead atoms. The fraction of sp³-hybridized carbons (Fsp3) is 0.250. The smallest absolute Gasteiger partial charge is 0.338 e. The summed E-state index contributed by atoms with van der Waals surface area (Å²) in [6.07, 6.45) is 2.44. The molecule has 1 aromatic carbocycles. The van der Waals surface area contributed by atoms with Gasteiger partial charge in [-0.25, -0.2) is 4.79 Å². The quantitative estimate of drug-likeness (QED) is 0.513. The number of aryl methyl sites for hydroxylation is 1. The average Bonchev–Trinajstić information content (AvgIpc) is 2.79. The van der Waals surface area contributed by atoms with Crippen LogP contribution in [0.25, 0.3) is 10.9 Å². The third kappa shape index (κ3) is 1.81. The summed E-state index contributed by atoms with van der Waals surface area (Å²) < 4.78 is 4.60. The van der Waals surface area contributed by atoms with Gasteiger partial charge in [0.05, 0.1) is 17.6 Å². The molecule has 0 fully saturated rings. The van der Waals surface area contributed by atoms with Crippen LogP contribution in [0.15, 0.2) is 18.3 Å². The number of nitro groups is 1. The van der Waals surface area contributed by atoms with Crippen LogP contribution in [-0.2, 0) is 11.2 Å². The number of nitro benzene ring substituents is 1. The highest BCUT2D eigenvalue weighted by Crippen LogP contribution is 2.29. The Hall–Kier alpha value is -2.37. The van der Waals surface area contributed by atoms with E-state index in [4.69, 9.17) is 0 Å². The number of ether oxygens (including phenoxy) is 1. The van der Waals surface area contributed by atoms with E-state index in [-0.39, 0.29) is 11.3 Å². The van der Waals surface area contributed by atoms with Crippen LogP contribution >= 0.6 is 0 Å². The minimum atomic E-state index is -0.580. The Morgan fingerprint density at radius 3 is 2.78 bits per heavy atom. The summed E-state index contributed by atoms with van der Waals surface area (Å²) in [5, 5.41) is 11.7. The predicted octanol–water partition coefficient (Wildman–Crippen LogP) is 2.43. The second-order valence-corrected chi connectivity index (χ2v) is 3.83. The van der Waals surface area contributed by atoms with Crippen LogP contribution in [0.3, 0.4) is 0 Å². The van der Waals surface area contributed by atoms with Crippen molar-refractivity contribution in [3.8, 4) is 0 Å². The summed E-state index contributed by atoms with van der Waals surface area (Å²) in [5.41, 5.74) is 1.43. The number of hydrogen-bond acceptors (Lipinski definition) is 4. The van der Waals surface area contributed by atoms with Crippen LogP contribution in [0, 0.1) is 10.1 Å². The molecular formula is C12H12N2O4. The molecule has 0 aliphatic rings. The molecule has 0 aliphatic carbocycles. The molecule has 1 heterocycles. The SMILES string of the molecule is CCc1c[nH]c2c([N+](=O)[O-])cc(C(=O)OC)cc12. The Labute approximate surface area is 103 Å². The molecule has 1 aromatic heterocycles. The van der Waals surface area contributed by atoms with Gasteiger partial charge in [0.1, 0.15) is 5.52 Å². The van der Waals surface area contributed by atoms with Gasteiger partial charge in [0.2, 0.25) is 0 Å². The lowest BCUT2D eigenvalue weighted by Crippen LogP contribution is -2.02. The lowest BCUT2D eigenvalue weighted by Gasteiger charge is -2.02. The minimum absolute atomic E-state index is 0.118. The van der Waals surface area contributed by atoms with Crippen molar-refractivity contribution in [1.82, 2.24) is 4.98 Å². The lowest BCUT2D eigenvalue weighted by molar-refractivity contribution is -0.383. The molecule has 0 spiro atoms. The highest BCUT2D eigenvalue weighted by atomic mass is 16.6. The van der Waals surface area contributed by atoms with E-state index in [0.29, 0.717) is 10.9 Å². The zero-order chi connectivity index (χ0) is 13.3. The summed E-state index contributed by atoms with van der Waals surface area (Å²) in [7, 11) is 1.25. The highest BCUT2D eigenvalue weighted by molar-refractivity contribution is 5.99. The van der Waals surface area contributed by atoms with E-state index in [1.54, 1.807) is 12.3 Å². The number of aromatic amines is 1. The van der Waals surface area contributed by atoms with Crippen molar-refractivity contribution >= 4 is 22.6 Å². The summed E-state index contributed by atoms with van der Waals surface area (Å²) >= 11 is 0. The fourth-order valence-corrected chi connectivity index (χ4v) is 1.94. The lowest BCUT2D eigenvalue weighted by atomic mass is 10.1. The number of rotatable bonds is 3. The van der Waals surface area contributed by atoms with E-state index in [1.165, 1.54) is 13.2 Å². The molecule has 94 valence electrons. The van der Waals surface area contributed by atoms with Gasteiger partial charge in [-0.1, -0.05) is 6.92 Å². The Kier molecular flexibility index (Phi) is 3.01. The van der Waals surface area contributed by atoms with E-state index < -0.39 is 10.9 Å². The van der Waals surface area contributed by atoms with Gasteiger partial charge in [-0.05, 0) is 18.1 Å².